The van der Waals surface area contributed by atoms with Crippen LogP contribution in [0.15, 0.2) is 53.7 Å². The quantitative estimate of drug-likeness (QED) is 0.549. The van der Waals surface area contributed by atoms with Gasteiger partial charge in [0.1, 0.15) is 11.8 Å². The third-order valence-corrected chi connectivity index (χ3v) is 6.09. The number of nitrogens with zero attached hydrogens (tertiary/aromatic N) is 3. The van der Waals surface area contributed by atoms with Gasteiger partial charge in [0, 0.05) is 28.3 Å². The summed E-state index contributed by atoms with van der Waals surface area (Å²) in [6, 6.07) is 12.7. The average molecular weight is 455 g/mol. The molecular formula is C23H20Cl2N4O2. The van der Waals surface area contributed by atoms with Crippen molar-refractivity contribution in [2.75, 3.05) is 11.9 Å². The zero-order valence-corrected chi connectivity index (χ0v) is 18.4. The average Bonchev–Trinajstić information content (AvgIpc) is 3.16. The normalized spacial score (nSPS) is 17.8. The van der Waals surface area contributed by atoms with Crippen molar-refractivity contribution in [1.82, 2.24) is 14.8 Å². The molecule has 0 saturated carbocycles. The summed E-state index contributed by atoms with van der Waals surface area (Å²) in [6.45, 7) is 2.54. The number of Topliss-reactive ketones (excluding diaryl/α,β-unsaturated/α-hetero) is 1. The van der Waals surface area contributed by atoms with Gasteiger partial charge < -0.3 is 10.1 Å². The fourth-order valence-electron chi connectivity index (χ4n) is 4.16. The van der Waals surface area contributed by atoms with Crippen molar-refractivity contribution in [2.45, 2.75) is 32.2 Å². The first kappa shape index (κ1) is 20.1. The number of carbonyl (C=O) groups is 1. The van der Waals surface area contributed by atoms with Gasteiger partial charge in [-0.25, -0.2) is 4.68 Å². The molecule has 0 spiro atoms. The predicted molar refractivity (Wildman–Crippen MR) is 121 cm³/mol. The smallest absolute Gasteiger partial charge is 0.226 e. The van der Waals surface area contributed by atoms with Crippen LogP contribution < -0.4 is 10.1 Å². The lowest BCUT2D eigenvalue weighted by atomic mass is 9.85. The zero-order chi connectivity index (χ0) is 21.5. The maximum absolute atomic E-state index is 12.9. The van der Waals surface area contributed by atoms with Crippen molar-refractivity contribution < 1.29 is 9.53 Å². The Kier molecular flexibility index (Phi) is 5.20. The molecule has 0 fully saturated rings. The third kappa shape index (κ3) is 3.60. The molecule has 1 aromatic heterocycles. The lowest BCUT2D eigenvalue weighted by molar-refractivity contribution is -0.116. The maximum atomic E-state index is 12.9. The molecule has 3 aromatic rings. The van der Waals surface area contributed by atoms with Gasteiger partial charge in [0.25, 0.3) is 0 Å². The minimum atomic E-state index is -0.359. The fraction of sp³-hybridized carbons (Fsp3) is 0.261. The molecule has 1 unspecified atom stereocenters. The summed E-state index contributed by atoms with van der Waals surface area (Å²) in [5, 5.41) is 9.11. The highest BCUT2D eigenvalue weighted by Crippen LogP contribution is 2.41. The summed E-state index contributed by atoms with van der Waals surface area (Å²) >= 11 is 12.4. The van der Waals surface area contributed by atoms with Crippen LogP contribution in [-0.4, -0.2) is 27.2 Å². The maximum Gasteiger partial charge on any atom is 0.226 e. The summed E-state index contributed by atoms with van der Waals surface area (Å²) in [7, 11) is 0. The number of rotatable bonds is 4. The van der Waals surface area contributed by atoms with Crippen LogP contribution in [0.3, 0.4) is 0 Å². The van der Waals surface area contributed by atoms with Gasteiger partial charge in [-0.1, -0.05) is 35.3 Å². The Morgan fingerprint density at radius 3 is 2.71 bits per heavy atom. The second kappa shape index (κ2) is 8.02. The van der Waals surface area contributed by atoms with E-state index in [1.54, 1.807) is 22.9 Å². The van der Waals surface area contributed by atoms with E-state index in [0.717, 1.165) is 35.4 Å². The number of nitrogens with one attached hydrogen (secondary N) is 1. The number of fused-ring (bicyclic) bond motifs is 1. The molecule has 1 aliphatic heterocycles. The van der Waals surface area contributed by atoms with Gasteiger partial charge in [-0.3, -0.25) is 4.79 Å². The van der Waals surface area contributed by atoms with E-state index in [9.17, 15) is 4.79 Å². The SMILES string of the molecule is CCOc1ccc(C2C3=C(CCCC3=O)Nc3nc(-c4ccc(Cl)cc4Cl)nn32)cc1. The van der Waals surface area contributed by atoms with E-state index in [4.69, 9.17) is 38.0 Å². The molecule has 6 nitrogen and oxygen atoms in total. The second-order valence-corrected chi connectivity index (χ2v) is 8.37. The third-order valence-electron chi connectivity index (χ3n) is 5.55. The van der Waals surface area contributed by atoms with Crippen LogP contribution in [0.25, 0.3) is 11.4 Å². The van der Waals surface area contributed by atoms with Crippen LogP contribution in [0, 0.1) is 0 Å². The summed E-state index contributed by atoms with van der Waals surface area (Å²) in [6.07, 6.45) is 2.16. The Balaban J connectivity index is 1.63. The van der Waals surface area contributed by atoms with Crippen LogP contribution in [0.4, 0.5) is 5.95 Å². The van der Waals surface area contributed by atoms with E-state index >= 15 is 0 Å². The zero-order valence-electron chi connectivity index (χ0n) is 16.9. The fourth-order valence-corrected chi connectivity index (χ4v) is 4.66. The van der Waals surface area contributed by atoms with Crippen molar-refractivity contribution >= 4 is 34.9 Å². The Bertz CT molecular complexity index is 1200. The summed E-state index contributed by atoms with van der Waals surface area (Å²) in [4.78, 5) is 17.6. The standard InChI is InChI=1S/C23H20Cl2N4O2/c1-2-31-15-9-6-13(7-10-15)21-20-18(4-3-5-19(20)30)26-23-27-22(28-29(21)23)16-11-8-14(24)12-17(16)25/h6-12,21H,2-5H2,1H3,(H,26,27,28). The van der Waals surface area contributed by atoms with E-state index < -0.39 is 0 Å². The molecule has 0 saturated heterocycles. The summed E-state index contributed by atoms with van der Waals surface area (Å²) in [5.74, 6) is 2.00. The first-order valence-electron chi connectivity index (χ1n) is 10.2. The highest BCUT2D eigenvalue weighted by atomic mass is 35.5. The largest absolute Gasteiger partial charge is 0.494 e. The Labute approximate surface area is 189 Å². The first-order chi connectivity index (χ1) is 15.0. The number of allylic oxidation sites excluding steroid dienone is 2. The molecule has 2 aliphatic rings. The monoisotopic (exact) mass is 454 g/mol. The van der Waals surface area contributed by atoms with Crippen molar-refractivity contribution in [2.24, 2.45) is 0 Å². The van der Waals surface area contributed by atoms with Crippen molar-refractivity contribution in [3.8, 4) is 17.1 Å². The molecule has 8 heteroatoms. The van der Waals surface area contributed by atoms with Crippen LogP contribution in [-0.2, 0) is 4.79 Å². The molecular weight excluding hydrogens is 435 g/mol. The summed E-state index contributed by atoms with van der Waals surface area (Å²) < 4.78 is 7.35. The minimum Gasteiger partial charge on any atom is -0.494 e. The number of hydrogen-bond donors (Lipinski definition) is 1. The molecule has 2 heterocycles. The van der Waals surface area contributed by atoms with Gasteiger partial charge in [-0.2, -0.15) is 4.98 Å². The predicted octanol–water partition coefficient (Wildman–Crippen LogP) is 5.67. The molecule has 158 valence electrons. The van der Waals surface area contributed by atoms with E-state index in [2.05, 4.69) is 5.32 Å². The Morgan fingerprint density at radius 1 is 1.16 bits per heavy atom. The number of halogens is 2. The molecule has 1 N–H and O–H groups in total. The number of aromatic nitrogens is 3. The Morgan fingerprint density at radius 2 is 1.97 bits per heavy atom. The topological polar surface area (TPSA) is 69.0 Å². The Hall–Kier alpha value is -2.83. The van der Waals surface area contributed by atoms with Gasteiger partial charge in [0.15, 0.2) is 11.6 Å². The van der Waals surface area contributed by atoms with Crippen LogP contribution in [0.5, 0.6) is 5.75 Å². The molecule has 1 atom stereocenters. The van der Waals surface area contributed by atoms with Gasteiger partial charge in [-0.15, -0.1) is 5.10 Å². The molecule has 0 bridgehead atoms. The van der Waals surface area contributed by atoms with E-state index in [-0.39, 0.29) is 11.8 Å². The summed E-state index contributed by atoms with van der Waals surface area (Å²) in [5.41, 5.74) is 3.31. The molecule has 2 aromatic carbocycles. The van der Waals surface area contributed by atoms with Crippen molar-refractivity contribution in [3.63, 3.8) is 0 Å². The minimum absolute atomic E-state index is 0.139. The van der Waals surface area contributed by atoms with Gasteiger partial charge in [0.05, 0.1) is 11.6 Å². The highest BCUT2D eigenvalue weighted by molar-refractivity contribution is 6.36. The van der Waals surface area contributed by atoms with Gasteiger partial charge in [0.2, 0.25) is 5.95 Å². The van der Waals surface area contributed by atoms with Gasteiger partial charge in [-0.05, 0) is 55.7 Å². The molecule has 0 radical (unpaired) electrons. The van der Waals surface area contributed by atoms with Gasteiger partial charge >= 0.3 is 0 Å². The van der Waals surface area contributed by atoms with E-state index in [1.165, 1.54) is 0 Å². The van der Waals surface area contributed by atoms with Crippen molar-refractivity contribution in [1.29, 1.82) is 0 Å². The van der Waals surface area contributed by atoms with Crippen molar-refractivity contribution in [3.05, 3.63) is 69.3 Å². The number of carbonyl (C=O) groups excluding carboxylic acids is 1. The lowest BCUT2D eigenvalue weighted by Gasteiger charge is -2.32. The lowest BCUT2D eigenvalue weighted by Crippen LogP contribution is -2.31. The molecule has 0 amide bonds. The highest BCUT2D eigenvalue weighted by Gasteiger charge is 2.37. The number of ether oxygens (including phenoxy) is 1. The van der Waals surface area contributed by atoms with E-state index in [1.807, 2.05) is 31.2 Å². The molecule has 5 rings (SSSR count). The molecule has 31 heavy (non-hydrogen) atoms. The van der Waals surface area contributed by atoms with Crippen LogP contribution >= 0.6 is 23.2 Å². The number of ketones is 1. The number of anilines is 1. The molecule has 1 aliphatic carbocycles. The van der Waals surface area contributed by atoms with E-state index in [0.29, 0.717) is 40.4 Å². The first-order valence-corrected chi connectivity index (χ1v) is 11.0. The van der Waals surface area contributed by atoms with Crippen LogP contribution in [0.2, 0.25) is 10.0 Å². The number of benzene rings is 2. The second-order valence-electron chi connectivity index (χ2n) is 7.53. The van der Waals surface area contributed by atoms with Crippen LogP contribution in [0.1, 0.15) is 37.8 Å². The number of hydrogen-bond acceptors (Lipinski definition) is 5.